The van der Waals surface area contributed by atoms with E-state index < -0.39 is 0 Å². The summed E-state index contributed by atoms with van der Waals surface area (Å²) in [4.78, 5) is 5.90. The average molecular weight is 280 g/mol. The van der Waals surface area contributed by atoms with Crippen LogP contribution < -0.4 is 5.32 Å². The summed E-state index contributed by atoms with van der Waals surface area (Å²) in [7, 11) is 0. The summed E-state index contributed by atoms with van der Waals surface area (Å²) in [6, 6.07) is 0. The third-order valence-corrected chi connectivity index (χ3v) is 5.10. The Bertz CT molecular complexity index is 378. The standard InChI is InChI=1S/C16H28N2S/c1-13(2)10-17-12-16(7-5-4-6-8-16)9-15-11-18-14(3)19-15/h11,13,17H,4-10,12H2,1-3H3. The molecule has 0 spiro atoms. The second-order valence-corrected chi connectivity index (χ2v) is 7.93. The monoisotopic (exact) mass is 280 g/mol. The van der Waals surface area contributed by atoms with Crippen molar-refractivity contribution in [2.75, 3.05) is 13.1 Å². The fourth-order valence-corrected chi connectivity index (χ4v) is 4.17. The highest BCUT2D eigenvalue weighted by Crippen LogP contribution is 2.39. The molecule has 2 rings (SSSR count). The van der Waals surface area contributed by atoms with Crippen LogP contribution in [0, 0.1) is 18.3 Å². The van der Waals surface area contributed by atoms with E-state index in [0.717, 1.165) is 12.5 Å². The lowest BCUT2D eigenvalue weighted by molar-refractivity contribution is 0.180. The number of nitrogens with zero attached hydrogens (tertiary/aromatic N) is 1. The van der Waals surface area contributed by atoms with Gasteiger partial charge in [0.1, 0.15) is 0 Å². The van der Waals surface area contributed by atoms with Crippen LogP contribution in [-0.4, -0.2) is 18.1 Å². The quantitative estimate of drug-likeness (QED) is 0.845. The first-order valence-electron chi connectivity index (χ1n) is 7.72. The minimum absolute atomic E-state index is 0.492. The van der Waals surface area contributed by atoms with Crippen LogP contribution >= 0.6 is 11.3 Å². The molecule has 0 aromatic carbocycles. The molecule has 0 bridgehead atoms. The Hall–Kier alpha value is -0.410. The van der Waals surface area contributed by atoms with E-state index in [0.29, 0.717) is 5.41 Å². The van der Waals surface area contributed by atoms with Crippen LogP contribution in [0.4, 0.5) is 0 Å². The summed E-state index contributed by atoms with van der Waals surface area (Å²) in [6.45, 7) is 9.00. The van der Waals surface area contributed by atoms with Crippen molar-refractivity contribution in [2.24, 2.45) is 11.3 Å². The molecule has 0 saturated heterocycles. The molecule has 1 N–H and O–H groups in total. The van der Waals surface area contributed by atoms with Crippen molar-refractivity contribution in [3.05, 3.63) is 16.1 Å². The van der Waals surface area contributed by atoms with Gasteiger partial charge in [-0.15, -0.1) is 11.3 Å². The molecule has 0 atom stereocenters. The minimum Gasteiger partial charge on any atom is -0.316 e. The molecule has 0 radical (unpaired) electrons. The normalized spacial score (nSPS) is 18.9. The van der Waals surface area contributed by atoms with E-state index >= 15 is 0 Å². The SMILES string of the molecule is Cc1ncc(CC2(CNCC(C)C)CCCCC2)s1. The highest BCUT2D eigenvalue weighted by Gasteiger charge is 2.32. The van der Waals surface area contributed by atoms with E-state index in [1.54, 1.807) is 0 Å². The maximum atomic E-state index is 4.42. The van der Waals surface area contributed by atoms with Gasteiger partial charge in [-0.1, -0.05) is 33.1 Å². The van der Waals surface area contributed by atoms with Gasteiger partial charge in [-0.3, -0.25) is 0 Å². The predicted octanol–water partition coefficient (Wildman–Crippen LogP) is 4.19. The zero-order valence-corrected chi connectivity index (χ0v) is 13.5. The molecule has 1 aliphatic carbocycles. The van der Waals surface area contributed by atoms with E-state index in [1.807, 2.05) is 11.3 Å². The maximum absolute atomic E-state index is 4.42. The Morgan fingerprint density at radius 1 is 1.32 bits per heavy atom. The number of hydrogen-bond acceptors (Lipinski definition) is 3. The lowest BCUT2D eigenvalue weighted by Crippen LogP contribution is -2.39. The van der Waals surface area contributed by atoms with Crippen LogP contribution in [0.5, 0.6) is 0 Å². The molecule has 0 aliphatic heterocycles. The fraction of sp³-hybridized carbons (Fsp3) is 0.812. The predicted molar refractivity (Wildman–Crippen MR) is 83.8 cm³/mol. The van der Waals surface area contributed by atoms with Gasteiger partial charge in [0.05, 0.1) is 5.01 Å². The zero-order valence-electron chi connectivity index (χ0n) is 12.7. The maximum Gasteiger partial charge on any atom is 0.0896 e. The molecule has 1 heterocycles. The summed E-state index contributed by atoms with van der Waals surface area (Å²) in [5.41, 5.74) is 0.492. The molecular formula is C16H28N2S. The van der Waals surface area contributed by atoms with Crippen molar-refractivity contribution < 1.29 is 0 Å². The van der Waals surface area contributed by atoms with Crippen LogP contribution in [0.3, 0.4) is 0 Å². The Morgan fingerprint density at radius 2 is 2.05 bits per heavy atom. The molecule has 3 heteroatoms. The molecule has 0 amide bonds. The van der Waals surface area contributed by atoms with E-state index in [9.17, 15) is 0 Å². The fourth-order valence-electron chi connectivity index (χ4n) is 3.20. The molecule has 2 nitrogen and oxygen atoms in total. The Kier molecular flexibility index (Phi) is 5.40. The largest absolute Gasteiger partial charge is 0.316 e. The van der Waals surface area contributed by atoms with E-state index in [4.69, 9.17) is 0 Å². The lowest BCUT2D eigenvalue weighted by atomic mass is 9.71. The Morgan fingerprint density at radius 3 is 2.63 bits per heavy atom. The minimum atomic E-state index is 0.492. The Labute approximate surface area is 122 Å². The summed E-state index contributed by atoms with van der Waals surface area (Å²) in [6.07, 6.45) is 10.3. The topological polar surface area (TPSA) is 24.9 Å². The van der Waals surface area contributed by atoms with Gasteiger partial charge in [0.15, 0.2) is 0 Å². The molecule has 1 fully saturated rings. The van der Waals surface area contributed by atoms with E-state index in [2.05, 4.69) is 37.3 Å². The van der Waals surface area contributed by atoms with Gasteiger partial charge < -0.3 is 5.32 Å². The molecule has 19 heavy (non-hydrogen) atoms. The van der Waals surface area contributed by atoms with Gasteiger partial charge >= 0.3 is 0 Å². The third-order valence-electron chi connectivity index (χ3n) is 4.19. The molecule has 1 aromatic rings. The van der Waals surface area contributed by atoms with Crippen molar-refractivity contribution in [3.8, 4) is 0 Å². The van der Waals surface area contributed by atoms with Crippen molar-refractivity contribution in [2.45, 2.75) is 59.3 Å². The highest BCUT2D eigenvalue weighted by molar-refractivity contribution is 7.11. The van der Waals surface area contributed by atoms with Crippen LogP contribution in [0.25, 0.3) is 0 Å². The number of hydrogen-bond donors (Lipinski definition) is 1. The number of nitrogens with one attached hydrogen (secondary N) is 1. The van der Waals surface area contributed by atoms with Crippen molar-refractivity contribution in [1.82, 2.24) is 10.3 Å². The zero-order chi connectivity index (χ0) is 13.7. The summed E-state index contributed by atoms with van der Waals surface area (Å²) in [5, 5.41) is 4.91. The lowest BCUT2D eigenvalue weighted by Gasteiger charge is -2.37. The smallest absolute Gasteiger partial charge is 0.0896 e. The first kappa shape index (κ1) is 15.0. The Balaban J connectivity index is 1.97. The number of aromatic nitrogens is 1. The summed E-state index contributed by atoms with van der Waals surface area (Å²) < 4.78 is 0. The van der Waals surface area contributed by atoms with Gasteiger partial charge in [0, 0.05) is 17.6 Å². The van der Waals surface area contributed by atoms with E-state index in [1.165, 1.54) is 55.0 Å². The van der Waals surface area contributed by atoms with Crippen LogP contribution in [0.1, 0.15) is 55.8 Å². The van der Waals surface area contributed by atoms with Crippen LogP contribution in [0.15, 0.2) is 6.20 Å². The van der Waals surface area contributed by atoms with Crippen LogP contribution in [-0.2, 0) is 6.42 Å². The van der Waals surface area contributed by atoms with Crippen molar-refractivity contribution >= 4 is 11.3 Å². The van der Waals surface area contributed by atoms with Crippen molar-refractivity contribution in [3.63, 3.8) is 0 Å². The molecule has 1 aromatic heterocycles. The first-order chi connectivity index (χ1) is 9.10. The van der Waals surface area contributed by atoms with Gasteiger partial charge in [-0.2, -0.15) is 0 Å². The third kappa shape index (κ3) is 4.57. The number of thiazole rings is 1. The first-order valence-corrected chi connectivity index (χ1v) is 8.53. The molecule has 108 valence electrons. The number of rotatable bonds is 6. The van der Waals surface area contributed by atoms with E-state index in [-0.39, 0.29) is 0 Å². The molecule has 0 unspecified atom stereocenters. The van der Waals surface area contributed by atoms with Crippen LogP contribution in [0.2, 0.25) is 0 Å². The average Bonchev–Trinajstić information content (AvgIpc) is 2.75. The van der Waals surface area contributed by atoms with Crippen molar-refractivity contribution in [1.29, 1.82) is 0 Å². The second-order valence-electron chi connectivity index (χ2n) is 6.61. The summed E-state index contributed by atoms with van der Waals surface area (Å²) >= 11 is 1.88. The van der Waals surface area contributed by atoms with Gasteiger partial charge in [-0.05, 0) is 44.1 Å². The summed E-state index contributed by atoms with van der Waals surface area (Å²) in [5.74, 6) is 0.742. The molecule has 1 saturated carbocycles. The molecular weight excluding hydrogens is 252 g/mol. The second kappa shape index (κ2) is 6.85. The highest BCUT2D eigenvalue weighted by atomic mass is 32.1. The van der Waals surface area contributed by atoms with Gasteiger partial charge in [0.25, 0.3) is 0 Å². The number of aryl methyl sites for hydroxylation is 1. The van der Waals surface area contributed by atoms with Gasteiger partial charge in [-0.25, -0.2) is 4.98 Å². The van der Waals surface area contributed by atoms with Gasteiger partial charge in [0.2, 0.25) is 0 Å². The molecule has 1 aliphatic rings.